The Labute approximate surface area is 91.1 Å². The van der Waals surface area contributed by atoms with Crippen LogP contribution in [0.2, 0.25) is 0 Å². The zero-order valence-electron chi connectivity index (χ0n) is 9.45. The Balaban J connectivity index is 2.51. The molecule has 0 spiro atoms. The standard InChI is InChI=1S/C9H19NO4S/c1-9(2,3)14-10-15(11,12)8-4-6-13-7-5-8/h8,10H,4-7H2,1-3H3. The van der Waals surface area contributed by atoms with Crippen molar-refractivity contribution in [3.63, 3.8) is 0 Å². The first-order valence-corrected chi connectivity index (χ1v) is 6.62. The molecule has 1 rings (SSSR count). The van der Waals surface area contributed by atoms with E-state index < -0.39 is 20.9 Å². The molecule has 0 bridgehead atoms. The van der Waals surface area contributed by atoms with Gasteiger partial charge in [-0.3, -0.25) is 4.84 Å². The zero-order valence-corrected chi connectivity index (χ0v) is 10.3. The fourth-order valence-electron chi connectivity index (χ4n) is 1.24. The Hall–Kier alpha value is -0.170. The first kappa shape index (κ1) is 12.9. The summed E-state index contributed by atoms with van der Waals surface area (Å²) in [6, 6.07) is 0. The highest BCUT2D eigenvalue weighted by Gasteiger charge is 2.29. The summed E-state index contributed by atoms with van der Waals surface area (Å²) in [6.45, 7) is 6.38. The number of rotatable bonds is 3. The predicted octanol–water partition coefficient (Wildman–Crippen LogP) is 0.815. The monoisotopic (exact) mass is 237 g/mol. The highest BCUT2D eigenvalue weighted by atomic mass is 32.2. The van der Waals surface area contributed by atoms with Crippen LogP contribution in [0.4, 0.5) is 0 Å². The predicted molar refractivity (Wildman–Crippen MR) is 56.7 cm³/mol. The molecule has 0 aromatic carbocycles. The molecule has 0 atom stereocenters. The highest BCUT2D eigenvalue weighted by molar-refractivity contribution is 7.89. The van der Waals surface area contributed by atoms with E-state index in [-0.39, 0.29) is 0 Å². The summed E-state index contributed by atoms with van der Waals surface area (Å²) in [4.78, 5) is 7.25. The second kappa shape index (κ2) is 4.78. The van der Waals surface area contributed by atoms with Gasteiger partial charge in [-0.2, -0.15) is 0 Å². The van der Waals surface area contributed by atoms with Gasteiger partial charge in [0, 0.05) is 13.2 Å². The van der Waals surface area contributed by atoms with E-state index in [9.17, 15) is 8.42 Å². The van der Waals surface area contributed by atoms with Crippen LogP contribution < -0.4 is 4.89 Å². The average molecular weight is 237 g/mol. The summed E-state index contributed by atoms with van der Waals surface area (Å²) in [6.07, 6.45) is 1.06. The van der Waals surface area contributed by atoms with Gasteiger partial charge in [-0.1, -0.05) is 4.89 Å². The molecule has 0 saturated carbocycles. The molecule has 0 unspecified atom stereocenters. The molecule has 1 heterocycles. The maximum atomic E-state index is 11.7. The molecule has 0 amide bonds. The van der Waals surface area contributed by atoms with Gasteiger partial charge in [0.05, 0.1) is 10.9 Å². The largest absolute Gasteiger partial charge is 0.381 e. The molecule has 1 N–H and O–H groups in total. The number of hydrogen-bond donors (Lipinski definition) is 1. The smallest absolute Gasteiger partial charge is 0.236 e. The lowest BCUT2D eigenvalue weighted by Gasteiger charge is -2.25. The van der Waals surface area contributed by atoms with Crippen molar-refractivity contribution in [2.75, 3.05) is 13.2 Å². The van der Waals surface area contributed by atoms with Gasteiger partial charge >= 0.3 is 0 Å². The minimum Gasteiger partial charge on any atom is -0.381 e. The van der Waals surface area contributed by atoms with Crippen LogP contribution in [0.5, 0.6) is 0 Å². The van der Waals surface area contributed by atoms with Crippen LogP contribution in [0.25, 0.3) is 0 Å². The number of sulfonamides is 1. The molecule has 0 aromatic heterocycles. The van der Waals surface area contributed by atoms with Crippen molar-refractivity contribution in [3.05, 3.63) is 0 Å². The Kier molecular flexibility index (Phi) is 4.11. The molecule has 1 aliphatic rings. The fourth-order valence-corrected chi connectivity index (χ4v) is 2.55. The average Bonchev–Trinajstić information content (AvgIpc) is 2.16. The van der Waals surface area contributed by atoms with E-state index in [1.807, 2.05) is 0 Å². The summed E-state index contributed by atoms with van der Waals surface area (Å²) in [5, 5.41) is -0.395. The summed E-state index contributed by atoms with van der Waals surface area (Å²) < 4.78 is 28.6. The highest BCUT2D eigenvalue weighted by Crippen LogP contribution is 2.15. The van der Waals surface area contributed by atoms with E-state index in [4.69, 9.17) is 9.57 Å². The van der Waals surface area contributed by atoms with Crippen molar-refractivity contribution >= 4 is 10.0 Å². The van der Waals surface area contributed by atoms with Gasteiger partial charge in [-0.15, -0.1) is 0 Å². The summed E-state index contributed by atoms with van der Waals surface area (Å²) >= 11 is 0. The van der Waals surface area contributed by atoms with Gasteiger partial charge in [0.2, 0.25) is 10.0 Å². The maximum absolute atomic E-state index is 11.7. The van der Waals surface area contributed by atoms with E-state index in [1.165, 1.54) is 0 Å². The number of ether oxygens (including phenoxy) is 1. The van der Waals surface area contributed by atoms with Gasteiger partial charge in [-0.05, 0) is 33.6 Å². The summed E-state index contributed by atoms with van der Waals surface area (Å²) in [7, 11) is -3.37. The molecule has 1 fully saturated rings. The normalized spacial score (nSPS) is 20.5. The fraction of sp³-hybridized carbons (Fsp3) is 1.00. The van der Waals surface area contributed by atoms with E-state index in [2.05, 4.69) is 4.89 Å². The molecule has 0 aliphatic carbocycles. The topological polar surface area (TPSA) is 64.6 Å². The van der Waals surface area contributed by atoms with E-state index in [1.54, 1.807) is 20.8 Å². The molecule has 5 nitrogen and oxygen atoms in total. The van der Waals surface area contributed by atoms with Gasteiger partial charge in [0.25, 0.3) is 0 Å². The van der Waals surface area contributed by atoms with Crippen molar-refractivity contribution in [1.82, 2.24) is 4.89 Å². The van der Waals surface area contributed by atoms with Crippen LogP contribution in [0.1, 0.15) is 33.6 Å². The van der Waals surface area contributed by atoms with Crippen LogP contribution in [-0.2, 0) is 19.6 Å². The third kappa shape index (κ3) is 4.46. The van der Waals surface area contributed by atoms with E-state index >= 15 is 0 Å². The molecule has 6 heteroatoms. The molecule has 0 aromatic rings. The lowest BCUT2D eigenvalue weighted by molar-refractivity contribution is -0.0367. The Bertz CT molecular complexity index is 288. The molecular weight excluding hydrogens is 218 g/mol. The zero-order chi connectivity index (χ0) is 11.5. The SMILES string of the molecule is CC(C)(C)ONS(=O)(=O)C1CCOCC1. The maximum Gasteiger partial charge on any atom is 0.236 e. The van der Waals surface area contributed by atoms with E-state index in [0.717, 1.165) is 0 Å². The van der Waals surface area contributed by atoms with Crippen molar-refractivity contribution in [3.8, 4) is 0 Å². The van der Waals surface area contributed by atoms with Crippen molar-refractivity contribution < 1.29 is 18.0 Å². The Morgan fingerprint density at radius 3 is 2.27 bits per heavy atom. The lowest BCUT2D eigenvalue weighted by Crippen LogP contribution is -2.41. The summed E-state index contributed by atoms with van der Waals surface area (Å²) in [5.74, 6) is 0. The van der Waals surface area contributed by atoms with Crippen LogP contribution in [0.3, 0.4) is 0 Å². The minimum atomic E-state index is -3.37. The third-order valence-electron chi connectivity index (χ3n) is 2.07. The Morgan fingerprint density at radius 2 is 1.80 bits per heavy atom. The van der Waals surface area contributed by atoms with Gasteiger partial charge in [-0.25, -0.2) is 8.42 Å². The van der Waals surface area contributed by atoms with Crippen molar-refractivity contribution in [1.29, 1.82) is 0 Å². The molecular formula is C9H19NO4S. The molecule has 90 valence electrons. The second-order valence-corrected chi connectivity index (χ2v) is 6.58. The number of hydrogen-bond acceptors (Lipinski definition) is 4. The molecule has 0 radical (unpaired) electrons. The first-order chi connectivity index (χ1) is 6.81. The van der Waals surface area contributed by atoms with Crippen molar-refractivity contribution in [2.45, 2.75) is 44.5 Å². The number of nitrogens with one attached hydrogen (secondary N) is 1. The van der Waals surface area contributed by atoms with Gasteiger partial charge in [0.15, 0.2) is 0 Å². The third-order valence-corrected chi connectivity index (χ3v) is 3.74. The van der Waals surface area contributed by atoms with Crippen LogP contribution in [0, 0.1) is 0 Å². The summed E-state index contributed by atoms with van der Waals surface area (Å²) in [5.41, 5.74) is -0.516. The first-order valence-electron chi connectivity index (χ1n) is 5.08. The van der Waals surface area contributed by atoms with E-state index in [0.29, 0.717) is 26.1 Å². The van der Waals surface area contributed by atoms with Crippen LogP contribution in [-0.4, -0.2) is 32.5 Å². The van der Waals surface area contributed by atoms with Crippen LogP contribution in [0.15, 0.2) is 0 Å². The molecule has 1 saturated heterocycles. The lowest BCUT2D eigenvalue weighted by atomic mass is 10.2. The van der Waals surface area contributed by atoms with Gasteiger partial charge in [0.1, 0.15) is 0 Å². The minimum absolute atomic E-state index is 0.395. The van der Waals surface area contributed by atoms with Crippen LogP contribution >= 0.6 is 0 Å². The quantitative estimate of drug-likeness (QED) is 0.738. The molecule has 1 aliphatic heterocycles. The van der Waals surface area contributed by atoms with Crippen molar-refractivity contribution in [2.24, 2.45) is 0 Å². The Morgan fingerprint density at radius 1 is 1.27 bits per heavy atom. The second-order valence-electron chi connectivity index (χ2n) is 4.65. The van der Waals surface area contributed by atoms with Gasteiger partial charge < -0.3 is 4.74 Å². The molecule has 15 heavy (non-hydrogen) atoms.